The summed E-state index contributed by atoms with van der Waals surface area (Å²) >= 11 is 3.67. The summed E-state index contributed by atoms with van der Waals surface area (Å²) in [5.74, 6) is 0. The van der Waals surface area contributed by atoms with Gasteiger partial charge in [-0.25, -0.2) is 0 Å². The molecule has 0 bridgehead atoms. The Morgan fingerprint density at radius 2 is 2.05 bits per heavy atom. The fourth-order valence-electron chi connectivity index (χ4n) is 1.61. The van der Waals surface area contributed by atoms with Gasteiger partial charge < -0.3 is 15.3 Å². The van der Waals surface area contributed by atoms with Gasteiger partial charge in [0.1, 0.15) is 12.3 Å². The third-order valence-electron chi connectivity index (χ3n) is 2.54. The minimum Gasteiger partial charge on any atom is -0.394 e. The first-order chi connectivity index (χ1) is 9.29. The standard InChI is InChI=1S/C14H21BrN2O2/c1-18-10-5-8-13(15)14(17-19-11-9-16)12-6-3-2-4-7-12/h2-4,6-7,13H,5,8-11,16H2,1H3. The van der Waals surface area contributed by atoms with Crippen LogP contribution in [0.2, 0.25) is 0 Å². The number of benzene rings is 1. The van der Waals surface area contributed by atoms with Crippen molar-refractivity contribution in [1.29, 1.82) is 0 Å². The maximum Gasteiger partial charge on any atom is 0.129 e. The summed E-state index contributed by atoms with van der Waals surface area (Å²) in [7, 11) is 1.71. The molecule has 1 aromatic carbocycles. The molecule has 4 nitrogen and oxygen atoms in total. The van der Waals surface area contributed by atoms with E-state index in [0.29, 0.717) is 13.2 Å². The highest BCUT2D eigenvalue weighted by atomic mass is 79.9. The molecule has 0 heterocycles. The van der Waals surface area contributed by atoms with E-state index in [0.717, 1.165) is 30.7 Å². The molecule has 0 amide bonds. The second-order valence-electron chi connectivity index (χ2n) is 4.07. The van der Waals surface area contributed by atoms with Crippen molar-refractivity contribution in [2.45, 2.75) is 17.7 Å². The van der Waals surface area contributed by atoms with Gasteiger partial charge in [-0.1, -0.05) is 51.4 Å². The van der Waals surface area contributed by atoms with Crippen molar-refractivity contribution < 1.29 is 9.57 Å². The second kappa shape index (κ2) is 9.95. The van der Waals surface area contributed by atoms with Crippen molar-refractivity contribution in [2.75, 3.05) is 26.9 Å². The molecule has 0 spiro atoms. The van der Waals surface area contributed by atoms with Crippen molar-refractivity contribution >= 4 is 21.6 Å². The molecule has 5 heteroatoms. The summed E-state index contributed by atoms with van der Waals surface area (Å²) in [5.41, 5.74) is 7.35. The predicted octanol–water partition coefficient (Wildman–Crippen LogP) is 2.56. The lowest BCUT2D eigenvalue weighted by Gasteiger charge is -2.13. The average Bonchev–Trinajstić information content (AvgIpc) is 2.45. The molecule has 106 valence electrons. The van der Waals surface area contributed by atoms with Gasteiger partial charge in [-0.15, -0.1) is 0 Å². The van der Waals surface area contributed by atoms with Gasteiger partial charge in [0.2, 0.25) is 0 Å². The molecule has 0 aliphatic carbocycles. The number of rotatable bonds is 9. The summed E-state index contributed by atoms with van der Waals surface area (Å²) in [6.45, 7) is 1.63. The molecule has 1 aromatic rings. The highest BCUT2D eigenvalue weighted by molar-refractivity contribution is 9.10. The van der Waals surface area contributed by atoms with Gasteiger partial charge >= 0.3 is 0 Å². The maximum atomic E-state index is 5.41. The van der Waals surface area contributed by atoms with Crippen LogP contribution in [0.25, 0.3) is 0 Å². The van der Waals surface area contributed by atoms with E-state index in [9.17, 15) is 0 Å². The zero-order valence-electron chi connectivity index (χ0n) is 11.2. The van der Waals surface area contributed by atoms with Gasteiger partial charge in [-0.05, 0) is 12.8 Å². The number of nitrogens with zero attached hydrogens (tertiary/aromatic N) is 1. The van der Waals surface area contributed by atoms with Crippen molar-refractivity contribution in [3.8, 4) is 0 Å². The summed E-state index contributed by atoms with van der Waals surface area (Å²) in [4.78, 5) is 5.37. The number of nitrogens with two attached hydrogens (primary N) is 1. The van der Waals surface area contributed by atoms with E-state index in [1.165, 1.54) is 0 Å². The molecule has 0 radical (unpaired) electrons. The zero-order chi connectivity index (χ0) is 13.9. The number of oxime groups is 1. The first kappa shape index (κ1) is 16.1. The first-order valence-electron chi connectivity index (χ1n) is 6.38. The number of ether oxygens (including phenoxy) is 1. The van der Waals surface area contributed by atoms with E-state index in [2.05, 4.69) is 21.1 Å². The topological polar surface area (TPSA) is 56.8 Å². The molecule has 0 aromatic heterocycles. The monoisotopic (exact) mass is 328 g/mol. The normalized spacial score (nSPS) is 13.3. The molecular weight excluding hydrogens is 308 g/mol. The fraction of sp³-hybridized carbons (Fsp3) is 0.500. The highest BCUT2D eigenvalue weighted by Crippen LogP contribution is 2.17. The molecule has 1 unspecified atom stereocenters. The van der Waals surface area contributed by atoms with Gasteiger partial charge in [0.25, 0.3) is 0 Å². The quantitative estimate of drug-likeness (QED) is 0.328. The summed E-state index contributed by atoms with van der Waals surface area (Å²) in [6.07, 6.45) is 1.91. The van der Waals surface area contributed by atoms with Crippen LogP contribution in [0.3, 0.4) is 0 Å². The Morgan fingerprint density at radius 3 is 2.68 bits per heavy atom. The summed E-state index contributed by atoms with van der Waals surface area (Å²) in [5, 5.41) is 4.21. The Balaban J connectivity index is 2.71. The number of hydrogen-bond acceptors (Lipinski definition) is 4. The molecule has 0 saturated carbocycles. The van der Waals surface area contributed by atoms with Gasteiger partial charge in [0, 0.05) is 25.8 Å². The van der Waals surface area contributed by atoms with Crippen LogP contribution in [0.15, 0.2) is 35.5 Å². The van der Waals surface area contributed by atoms with E-state index in [1.54, 1.807) is 7.11 Å². The minimum absolute atomic E-state index is 0.142. The van der Waals surface area contributed by atoms with E-state index < -0.39 is 0 Å². The maximum absolute atomic E-state index is 5.41. The van der Waals surface area contributed by atoms with Crippen molar-refractivity contribution in [3.05, 3.63) is 35.9 Å². The Bertz CT molecular complexity index is 371. The van der Waals surface area contributed by atoms with Crippen LogP contribution in [-0.4, -0.2) is 37.4 Å². The number of methoxy groups -OCH3 is 1. The van der Waals surface area contributed by atoms with Crippen LogP contribution in [0, 0.1) is 0 Å². The van der Waals surface area contributed by atoms with Crippen molar-refractivity contribution in [1.82, 2.24) is 0 Å². The van der Waals surface area contributed by atoms with Gasteiger partial charge in [-0.2, -0.15) is 0 Å². The van der Waals surface area contributed by atoms with Crippen LogP contribution in [0.5, 0.6) is 0 Å². The molecule has 2 N–H and O–H groups in total. The molecule has 0 aliphatic heterocycles. The molecule has 0 aliphatic rings. The Kier molecular flexibility index (Phi) is 8.45. The Morgan fingerprint density at radius 1 is 1.32 bits per heavy atom. The number of hydrogen-bond donors (Lipinski definition) is 1. The largest absolute Gasteiger partial charge is 0.394 e. The summed E-state index contributed by atoms with van der Waals surface area (Å²) < 4.78 is 5.07. The number of halogens is 1. The predicted molar refractivity (Wildman–Crippen MR) is 81.8 cm³/mol. The van der Waals surface area contributed by atoms with Crippen molar-refractivity contribution in [2.24, 2.45) is 10.9 Å². The fourth-order valence-corrected chi connectivity index (χ4v) is 2.28. The third-order valence-corrected chi connectivity index (χ3v) is 3.44. The van der Waals surface area contributed by atoms with Gasteiger partial charge in [0.05, 0.1) is 4.83 Å². The molecule has 19 heavy (non-hydrogen) atoms. The van der Waals surface area contributed by atoms with E-state index >= 15 is 0 Å². The van der Waals surface area contributed by atoms with Crippen LogP contribution in [-0.2, 0) is 9.57 Å². The van der Waals surface area contributed by atoms with Crippen LogP contribution >= 0.6 is 15.9 Å². The van der Waals surface area contributed by atoms with E-state index in [4.69, 9.17) is 15.3 Å². The smallest absolute Gasteiger partial charge is 0.129 e. The van der Waals surface area contributed by atoms with Crippen LogP contribution in [0.1, 0.15) is 18.4 Å². The van der Waals surface area contributed by atoms with Crippen LogP contribution in [0.4, 0.5) is 0 Å². The Labute approximate surface area is 123 Å². The number of alkyl halides is 1. The van der Waals surface area contributed by atoms with E-state index in [-0.39, 0.29) is 4.83 Å². The lowest BCUT2D eigenvalue weighted by atomic mass is 10.0. The van der Waals surface area contributed by atoms with Crippen molar-refractivity contribution in [3.63, 3.8) is 0 Å². The molecule has 0 fully saturated rings. The van der Waals surface area contributed by atoms with E-state index in [1.807, 2.05) is 30.3 Å². The lowest BCUT2D eigenvalue weighted by Crippen LogP contribution is -2.18. The lowest BCUT2D eigenvalue weighted by molar-refractivity contribution is 0.151. The third kappa shape index (κ3) is 6.18. The highest BCUT2D eigenvalue weighted by Gasteiger charge is 2.15. The molecule has 1 rings (SSSR count). The average molecular weight is 329 g/mol. The van der Waals surface area contributed by atoms with Crippen LogP contribution < -0.4 is 5.73 Å². The molecule has 0 saturated heterocycles. The van der Waals surface area contributed by atoms with Gasteiger partial charge in [0.15, 0.2) is 0 Å². The second-order valence-corrected chi connectivity index (χ2v) is 5.17. The first-order valence-corrected chi connectivity index (χ1v) is 7.29. The summed E-state index contributed by atoms with van der Waals surface area (Å²) in [6, 6.07) is 10.0. The molecular formula is C14H21BrN2O2. The zero-order valence-corrected chi connectivity index (χ0v) is 12.8. The molecule has 1 atom stereocenters. The Hall–Kier alpha value is -0.910. The van der Waals surface area contributed by atoms with Gasteiger partial charge in [-0.3, -0.25) is 0 Å². The minimum atomic E-state index is 0.142. The SMILES string of the molecule is COCCCC(Br)C(=NOCCN)c1ccccc1.